The van der Waals surface area contributed by atoms with Crippen molar-refractivity contribution >= 4 is 22.7 Å². The van der Waals surface area contributed by atoms with Crippen molar-refractivity contribution < 1.29 is 26.5 Å². The van der Waals surface area contributed by atoms with Crippen molar-refractivity contribution in [2.75, 3.05) is 25.4 Å². The van der Waals surface area contributed by atoms with Crippen molar-refractivity contribution in [2.24, 2.45) is 0 Å². The SMILES string of the molecule is Fc1ccc2c(C3CCN(CCCSc4nnc(-c5ccc(C(F)(F)F)cc5)o4)CC3)noc2c1. The average molecular weight is 507 g/mol. The van der Waals surface area contributed by atoms with Crippen molar-refractivity contribution in [3.63, 3.8) is 0 Å². The molecule has 5 rings (SSSR count). The van der Waals surface area contributed by atoms with Gasteiger partial charge in [0.1, 0.15) is 5.82 Å². The summed E-state index contributed by atoms with van der Waals surface area (Å²) in [6.45, 7) is 2.83. The number of nitrogens with zero attached hydrogens (tertiary/aromatic N) is 4. The largest absolute Gasteiger partial charge is 0.416 e. The monoisotopic (exact) mass is 506 g/mol. The van der Waals surface area contributed by atoms with Crippen LogP contribution in [0.3, 0.4) is 0 Å². The fourth-order valence-corrected chi connectivity index (χ4v) is 4.97. The second kappa shape index (κ2) is 9.98. The fraction of sp³-hybridized carbons (Fsp3) is 0.375. The molecule has 35 heavy (non-hydrogen) atoms. The topological polar surface area (TPSA) is 68.2 Å². The molecule has 11 heteroatoms. The molecule has 1 aliphatic heterocycles. The molecule has 0 spiro atoms. The lowest BCUT2D eigenvalue weighted by Gasteiger charge is -2.31. The molecule has 4 aromatic rings. The molecular weight excluding hydrogens is 484 g/mol. The number of hydrogen-bond donors (Lipinski definition) is 0. The lowest BCUT2D eigenvalue weighted by Crippen LogP contribution is -2.34. The van der Waals surface area contributed by atoms with Gasteiger partial charge in [-0.2, -0.15) is 13.2 Å². The van der Waals surface area contributed by atoms with E-state index in [2.05, 4.69) is 20.3 Å². The Morgan fingerprint density at radius 1 is 1.03 bits per heavy atom. The Morgan fingerprint density at radius 2 is 1.80 bits per heavy atom. The lowest BCUT2D eigenvalue weighted by molar-refractivity contribution is -0.137. The summed E-state index contributed by atoms with van der Waals surface area (Å²) < 4.78 is 62.4. The standard InChI is InChI=1S/C24H22F4N4O2S/c25-18-6-7-19-20(14-18)34-31-21(19)15-8-11-32(12-9-15)10-1-13-35-23-30-29-22(33-23)16-2-4-17(5-3-16)24(26,27)28/h2-7,14-15H,1,8-13H2. The zero-order valence-corrected chi connectivity index (χ0v) is 19.4. The molecule has 1 fully saturated rings. The summed E-state index contributed by atoms with van der Waals surface area (Å²) in [6.07, 6.45) is -1.52. The van der Waals surface area contributed by atoms with Crippen molar-refractivity contribution in [2.45, 2.75) is 36.6 Å². The van der Waals surface area contributed by atoms with Gasteiger partial charge < -0.3 is 13.8 Å². The smallest absolute Gasteiger partial charge is 0.411 e. The number of aromatic nitrogens is 3. The van der Waals surface area contributed by atoms with Crippen LogP contribution < -0.4 is 0 Å². The Balaban J connectivity index is 1.06. The highest BCUT2D eigenvalue weighted by Crippen LogP contribution is 2.33. The zero-order valence-electron chi connectivity index (χ0n) is 18.6. The quantitative estimate of drug-likeness (QED) is 0.163. The summed E-state index contributed by atoms with van der Waals surface area (Å²) in [5, 5.41) is 13.4. The summed E-state index contributed by atoms with van der Waals surface area (Å²) in [5.41, 5.74) is 1.13. The molecule has 1 aliphatic rings. The minimum atomic E-state index is -4.38. The Morgan fingerprint density at radius 3 is 2.54 bits per heavy atom. The van der Waals surface area contributed by atoms with Crippen LogP contribution in [-0.2, 0) is 6.18 Å². The molecule has 0 atom stereocenters. The number of rotatable bonds is 7. The summed E-state index contributed by atoms with van der Waals surface area (Å²) >= 11 is 1.43. The van der Waals surface area contributed by atoms with Crippen LogP contribution in [0.25, 0.3) is 22.4 Å². The van der Waals surface area contributed by atoms with Crippen LogP contribution in [0.15, 0.2) is 56.6 Å². The Hall–Kier alpha value is -2.92. The Labute approximate surface area is 202 Å². The van der Waals surface area contributed by atoms with Crippen molar-refractivity contribution in [3.8, 4) is 11.5 Å². The van der Waals surface area contributed by atoms with Gasteiger partial charge in [-0.25, -0.2) is 4.39 Å². The molecule has 3 heterocycles. The third-order valence-electron chi connectivity index (χ3n) is 6.15. The van der Waals surface area contributed by atoms with E-state index in [9.17, 15) is 17.6 Å². The van der Waals surface area contributed by atoms with Gasteiger partial charge in [-0.1, -0.05) is 16.9 Å². The predicted octanol–water partition coefficient (Wildman–Crippen LogP) is 6.40. The van der Waals surface area contributed by atoms with Crippen LogP contribution in [0.5, 0.6) is 0 Å². The van der Waals surface area contributed by atoms with E-state index in [1.807, 2.05) is 0 Å². The molecule has 2 aromatic heterocycles. The first kappa shape index (κ1) is 23.8. The van der Waals surface area contributed by atoms with Crippen LogP contribution >= 0.6 is 11.8 Å². The molecule has 0 unspecified atom stereocenters. The molecule has 184 valence electrons. The number of benzene rings is 2. The second-order valence-corrected chi connectivity index (χ2v) is 9.52. The average Bonchev–Trinajstić information content (AvgIpc) is 3.49. The normalized spacial score (nSPS) is 15.8. The van der Waals surface area contributed by atoms with Gasteiger partial charge in [-0.15, -0.1) is 10.2 Å². The summed E-state index contributed by atoms with van der Waals surface area (Å²) in [6, 6.07) is 9.20. The highest BCUT2D eigenvalue weighted by molar-refractivity contribution is 7.99. The summed E-state index contributed by atoms with van der Waals surface area (Å²) in [5.74, 6) is 0.957. The minimum absolute atomic E-state index is 0.200. The highest BCUT2D eigenvalue weighted by atomic mass is 32.2. The van der Waals surface area contributed by atoms with E-state index in [1.165, 1.54) is 36.0 Å². The van der Waals surface area contributed by atoms with Gasteiger partial charge in [0.2, 0.25) is 5.89 Å². The minimum Gasteiger partial charge on any atom is -0.411 e. The van der Waals surface area contributed by atoms with E-state index in [1.54, 1.807) is 6.07 Å². The Kier molecular flexibility index (Phi) is 6.79. The molecule has 0 amide bonds. The molecule has 0 aliphatic carbocycles. The van der Waals surface area contributed by atoms with Gasteiger partial charge in [0.05, 0.1) is 11.3 Å². The first-order valence-electron chi connectivity index (χ1n) is 11.3. The first-order valence-corrected chi connectivity index (χ1v) is 12.3. The zero-order chi connectivity index (χ0) is 24.4. The van der Waals surface area contributed by atoms with E-state index in [0.29, 0.717) is 22.3 Å². The number of hydrogen-bond acceptors (Lipinski definition) is 7. The van der Waals surface area contributed by atoms with Crippen LogP contribution in [0.1, 0.15) is 36.4 Å². The predicted molar refractivity (Wildman–Crippen MR) is 122 cm³/mol. The van der Waals surface area contributed by atoms with Gasteiger partial charge in [0, 0.05) is 28.7 Å². The number of fused-ring (bicyclic) bond motifs is 1. The van der Waals surface area contributed by atoms with Gasteiger partial charge in [-0.05, 0) is 75.3 Å². The maximum Gasteiger partial charge on any atom is 0.416 e. The second-order valence-electron chi connectivity index (χ2n) is 8.47. The number of piperidine rings is 1. The molecule has 0 radical (unpaired) electrons. The maximum absolute atomic E-state index is 13.4. The van der Waals surface area contributed by atoms with Gasteiger partial charge in [0.15, 0.2) is 5.58 Å². The third-order valence-corrected chi connectivity index (χ3v) is 7.05. The molecular formula is C24H22F4N4O2S. The van der Waals surface area contributed by atoms with E-state index in [0.717, 1.165) is 67.9 Å². The molecule has 2 aromatic carbocycles. The lowest BCUT2D eigenvalue weighted by atomic mass is 9.91. The van der Waals surface area contributed by atoms with E-state index in [-0.39, 0.29) is 11.7 Å². The van der Waals surface area contributed by atoms with E-state index >= 15 is 0 Å². The van der Waals surface area contributed by atoms with Crippen LogP contribution in [0.2, 0.25) is 0 Å². The summed E-state index contributed by atoms with van der Waals surface area (Å²) in [7, 11) is 0. The maximum atomic E-state index is 13.4. The van der Waals surface area contributed by atoms with Crippen molar-refractivity contribution in [3.05, 3.63) is 59.5 Å². The first-order chi connectivity index (χ1) is 16.9. The Bertz CT molecular complexity index is 1280. The van der Waals surface area contributed by atoms with Gasteiger partial charge >= 0.3 is 6.18 Å². The number of halogens is 4. The van der Waals surface area contributed by atoms with Gasteiger partial charge in [0.25, 0.3) is 5.22 Å². The molecule has 0 bridgehead atoms. The van der Waals surface area contributed by atoms with E-state index < -0.39 is 11.7 Å². The molecule has 0 N–H and O–H groups in total. The van der Waals surface area contributed by atoms with Crippen LogP contribution in [0, 0.1) is 5.82 Å². The number of thioether (sulfide) groups is 1. The molecule has 6 nitrogen and oxygen atoms in total. The van der Waals surface area contributed by atoms with Crippen LogP contribution in [-0.4, -0.2) is 45.6 Å². The van der Waals surface area contributed by atoms with Crippen molar-refractivity contribution in [1.29, 1.82) is 0 Å². The van der Waals surface area contributed by atoms with Gasteiger partial charge in [-0.3, -0.25) is 0 Å². The number of alkyl halides is 3. The highest BCUT2D eigenvalue weighted by Gasteiger charge is 2.30. The fourth-order valence-electron chi connectivity index (χ4n) is 4.29. The summed E-state index contributed by atoms with van der Waals surface area (Å²) in [4.78, 5) is 2.40. The van der Waals surface area contributed by atoms with Crippen LogP contribution in [0.4, 0.5) is 17.6 Å². The molecule has 1 saturated heterocycles. The molecule has 0 saturated carbocycles. The third kappa shape index (κ3) is 5.51. The van der Waals surface area contributed by atoms with Crippen molar-refractivity contribution in [1.82, 2.24) is 20.3 Å². The van der Waals surface area contributed by atoms with E-state index in [4.69, 9.17) is 8.94 Å². The number of likely N-dealkylation sites (tertiary alicyclic amines) is 1.